The first kappa shape index (κ1) is 15.6. The average molecular weight is 308 g/mol. The van der Waals surface area contributed by atoms with Gasteiger partial charge in [-0.3, -0.25) is 0 Å². The molecule has 0 aliphatic rings. The van der Waals surface area contributed by atoms with Gasteiger partial charge in [0.1, 0.15) is 5.75 Å². The number of ether oxygens (including phenoxy) is 1. The Balaban J connectivity index is 1.92. The Morgan fingerprint density at radius 1 is 1.13 bits per heavy atom. The molecule has 0 amide bonds. The van der Waals surface area contributed by atoms with Crippen molar-refractivity contribution in [1.29, 1.82) is 0 Å². The number of nitrogens with two attached hydrogens (primary N) is 1. The van der Waals surface area contributed by atoms with Gasteiger partial charge < -0.3 is 15.5 Å². The third-order valence-electron chi connectivity index (χ3n) is 4.40. The van der Waals surface area contributed by atoms with Crippen LogP contribution in [0.25, 0.3) is 10.9 Å². The first-order valence-electron chi connectivity index (χ1n) is 8.22. The lowest BCUT2D eigenvalue weighted by Gasteiger charge is -2.17. The summed E-state index contributed by atoms with van der Waals surface area (Å²) in [5.41, 5.74) is 11.1. The summed E-state index contributed by atoms with van der Waals surface area (Å²) < 4.78 is 5.62. The second kappa shape index (κ2) is 6.88. The van der Waals surface area contributed by atoms with Crippen molar-refractivity contribution in [2.75, 3.05) is 13.2 Å². The number of aromatic nitrogens is 1. The number of H-pyrrole nitrogens is 1. The summed E-state index contributed by atoms with van der Waals surface area (Å²) in [5.74, 6) is 1.20. The fourth-order valence-electron chi connectivity index (χ4n) is 3.21. The molecule has 0 aliphatic heterocycles. The van der Waals surface area contributed by atoms with Crippen LogP contribution in [0.1, 0.15) is 29.7 Å². The summed E-state index contributed by atoms with van der Waals surface area (Å²) in [6, 6.07) is 16.8. The van der Waals surface area contributed by atoms with Crippen molar-refractivity contribution in [2.45, 2.75) is 26.2 Å². The Morgan fingerprint density at radius 2 is 1.96 bits per heavy atom. The lowest BCUT2D eigenvalue weighted by atomic mass is 9.90. The van der Waals surface area contributed by atoms with Crippen LogP contribution in [-0.4, -0.2) is 18.1 Å². The number of aromatic amines is 1. The van der Waals surface area contributed by atoms with Crippen LogP contribution in [-0.2, 0) is 6.42 Å². The van der Waals surface area contributed by atoms with Gasteiger partial charge in [0.05, 0.1) is 6.61 Å². The van der Waals surface area contributed by atoms with E-state index in [1.54, 1.807) is 0 Å². The van der Waals surface area contributed by atoms with E-state index in [1.807, 2.05) is 19.1 Å². The monoisotopic (exact) mass is 308 g/mol. The van der Waals surface area contributed by atoms with E-state index in [-0.39, 0.29) is 5.92 Å². The van der Waals surface area contributed by atoms with Crippen molar-refractivity contribution in [3.63, 3.8) is 0 Å². The van der Waals surface area contributed by atoms with Crippen LogP contribution in [0.3, 0.4) is 0 Å². The zero-order valence-corrected chi connectivity index (χ0v) is 13.8. The summed E-state index contributed by atoms with van der Waals surface area (Å²) in [6.45, 7) is 5.44. The highest BCUT2D eigenvalue weighted by molar-refractivity contribution is 5.84. The molecule has 3 rings (SSSR count). The fourth-order valence-corrected chi connectivity index (χ4v) is 3.21. The molecule has 3 nitrogen and oxygen atoms in total. The molecule has 0 spiro atoms. The largest absolute Gasteiger partial charge is 0.494 e. The van der Waals surface area contributed by atoms with Gasteiger partial charge in [-0.05, 0) is 56.1 Å². The molecule has 0 radical (unpaired) electrons. The Kier molecular flexibility index (Phi) is 4.68. The third kappa shape index (κ3) is 3.25. The highest BCUT2D eigenvalue weighted by Crippen LogP contribution is 2.29. The van der Waals surface area contributed by atoms with Crippen LogP contribution in [0, 0.1) is 6.92 Å². The number of para-hydroxylation sites is 1. The predicted octanol–water partition coefficient (Wildman–Crippen LogP) is 4.16. The van der Waals surface area contributed by atoms with Crippen molar-refractivity contribution in [3.8, 4) is 5.75 Å². The molecule has 0 bridgehead atoms. The second-order valence-electron chi connectivity index (χ2n) is 5.92. The first-order chi connectivity index (χ1) is 11.2. The van der Waals surface area contributed by atoms with Gasteiger partial charge in [0, 0.05) is 22.5 Å². The number of hydrogen-bond donors (Lipinski definition) is 2. The van der Waals surface area contributed by atoms with Crippen molar-refractivity contribution in [1.82, 2.24) is 4.98 Å². The molecule has 0 saturated heterocycles. The third-order valence-corrected chi connectivity index (χ3v) is 4.40. The van der Waals surface area contributed by atoms with Crippen LogP contribution in [0.2, 0.25) is 0 Å². The maximum absolute atomic E-state index is 6.09. The van der Waals surface area contributed by atoms with Crippen LogP contribution in [0.15, 0.2) is 48.5 Å². The van der Waals surface area contributed by atoms with Crippen LogP contribution >= 0.6 is 0 Å². The Bertz CT molecular complexity index is 791. The quantitative estimate of drug-likeness (QED) is 0.718. The number of fused-ring (bicyclic) bond motifs is 1. The molecule has 3 N–H and O–H groups in total. The maximum atomic E-state index is 6.09. The van der Waals surface area contributed by atoms with E-state index in [4.69, 9.17) is 10.5 Å². The number of nitrogens with one attached hydrogen (secondary N) is 1. The van der Waals surface area contributed by atoms with Gasteiger partial charge in [-0.25, -0.2) is 0 Å². The zero-order chi connectivity index (χ0) is 16.2. The molecule has 120 valence electrons. The van der Waals surface area contributed by atoms with Gasteiger partial charge >= 0.3 is 0 Å². The van der Waals surface area contributed by atoms with E-state index in [2.05, 4.69) is 48.3 Å². The molecule has 1 unspecified atom stereocenters. The summed E-state index contributed by atoms with van der Waals surface area (Å²) in [5, 5.41) is 1.30. The molecule has 1 atom stereocenters. The lowest BCUT2D eigenvalue weighted by Crippen LogP contribution is -2.15. The first-order valence-corrected chi connectivity index (χ1v) is 8.22. The summed E-state index contributed by atoms with van der Waals surface area (Å²) in [4.78, 5) is 3.47. The topological polar surface area (TPSA) is 51.0 Å². The molecule has 0 saturated carbocycles. The lowest BCUT2D eigenvalue weighted by molar-refractivity contribution is 0.339. The van der Waals surface area contributed by atoms with Crippen LogP contribution in [0.5, 0.6) is 5.75 Å². The maximum Gasteiger partial charge on any atom is 0.119 e. The average Bonchev–Trinajstić information content (AvgIpc) is 2.88. The van der Waals surface area contributed by atoms with E-state index in [0.717, 1.165) is 12.2 Å². The molecule has 23 heavy (non-hydrogen) atoms. The SMILES string of the molecule is CCOc1cccc(C(CN)Cc2c(C)[nH]c3ccccc23)c1. The fraction of sp³-hybridized carbons (Fsp3) is 0.300. The van der Waals surface area contributed by atoms with Crippen LogP contribution < -0.4 is 10.5 Å². The smallest absolute Gasteiger partial charge is 0.119 e. The number of aryl methyl sites for hydroxylation is 1. The summed E-state index contributed by atoms with van der Waals surface area (Å²) in [7, 11) is 0. The van der Waals surface area contributed by atoms with Crippen LogP contribution in [0.4, 0.5) is 0 Å². The van der Waals surface area contributed by atoms with E-state index in [1.165, 1.54) is 27.7 Å². The van der Waals surface area contributed by atoms with E-state index < -0.39 is 0 Å². The van der Waals surface area contributed by atoms with E-state index >= 15 is 0 Å². The van der Waals surface area contributed by atoms with Crippen molar-refractivity contribution in [2.24, 2.45) is 5.73 Å². The Morgan fingerprint density at radius 3 is 2.74 bits per heavy atom. The molecule has 3 aromatic rings. The molecule has 0 fully saturated rings. The van der Waals surface area contributed by atoms with Gasteiger partial charge in [0.25, 0.3) is 0 Å². The molecular formula is C20H24N2O. The molecule has 2 aromatic carbocycles. The standard InChI is InChI=1S/C20H24N2O/c1-3-23-17-8-6-7-15(11-17)16(13-21)12-19-14(2)22-20-10-5-4-9-18(19)20/h4-11,16,22H,3,12-13,21H2,1-2H3. The Hall–Kier alpha value is -2.26. The minimum Gasteiger partial charge on any atom is -0.494 e. The summed E-state index contributed by atoms with van der Waals surface area (Å²) in [6.07, 6.45) is 0.932. The normalized spacial score (nSPS) is 12.5. The van der Waals surface area contributed by atoms with Crippen molar-refractivity contribution >= 4 is 10.9 Å². The zero-order valence-electron chi connectivity index (χ0n) is 13.8. The summed E-state index contributed by atoms with van der Waals surface area (Å²) >= 11 is 0. The molecule has 0 aliphatic carbocycles. The minimum absolute atomic E-state index is 0.285. The van der Waals surface area contributed by atoms with E-state index in [0.29, 0.717) is 13.2 Å². The molecule has 1 aromatic heterocycles. The Labute approximate surface area is 137 Å². The van der Waals surface area contributed by atoms with Crippen molar-refractivity contribution < 1.29 is 4.74 Å². The molecule has 3 heteroatoms. The van der Waals surface area contributed by atoms with E-state index in [9.17, 15) is 0 Å². The second-order valence-corrected chi connectivity index (χ2v) is 5.92. The van der Waals surface area contributed by atoms with Gasteiger partial charge in [-0.1, -0.05) is 30.3 Å². The van der Waals surface area contributed by atoms with Crippen molar-refractivity contribution in [3.05, 3.63) is 65.4 Å². The minimum atomic E-state index is 0.285. The van der Waals surface area contributed by atoms with Gasteiger partial charge in [0.2, 0.25) is 0 Å². The highest BCUT2D eigenvalue weighted by Gasteiger charge is 2.16. The number of rotatable bonds is 6. The number of benzene rings is 2. The van der Waals surface area contributed by atoms with Gasteiger partial charge in [-0.2, -0.15) is 0 Å². The highest BCUT2D eigenvalue weighted by atomic mass is 16.5. The van der Waals surface area contributed by atoms with Gasteiger partial charge in [-0.15, -0.1) is 0 Å². The molecule has 1 heterocycles. The predicted molar refractivity (Wildman–Crippen MR) is 96.1 cm³/mol. The number of hydrogen-bond acceptors (Lipinski definition) is 2. The molecular weight excluding hydrogens is 284 g/mol. The van der Waals surface area contributed by atoms with Gasteiger partial charge in [0.15, 0.2) is 0 Å².